The molecule has 0 fully saturated rings. The maximum absolute atomic E-state index is 10.6. The summed E-state index contributed by atoms with van der Waals surface area (Å²) in [6.45, 7) is 1.09. The van der Waals surface area contributed by atoms with Crippen LogP contribution in [0, 0.1) is 0 Å². The zero-order valence-electron chi connectivity index (χ0n) is 6.70. The standard InChI is InChI=1S/C8H9N2O2/c1-6(12)10-8-2-7(5-11)3-9-4-8/h2-4H,5H2,1H3,(H,10,12). The zero-order chi connectivity index (χ0) is 8.97. The fourth-order valence-electron chi connectivity index (χ4n) is 0.838. The van der Waals surface area contributed by atoms with E-state index in [4.69, 9.17) is 0 Å². The van der Waals surface area contributed by atoms with Gasteiger partial charge in [0.15, 0.2) is 0 Å². The zero-order valence-corrected chi connectivity index (χ0v) is 6.70. The van der Waals surface area contributed by atoms with Crippen molar-refractivity contribution in [1.29, 1.82) is 0 Å². The molecule has 0 saturated carbocycles. The molecule has 12 heavy (non-hydrogen) atoms. The van der Waals surface area contributed by atoms with Crippen molar-refractivity contribution in [3.05, 3.63) is 24.0 Å². The number of nitrogens with one attached hydrogen (secondary N) is 1. The van der Waals surface area contributed by atoms with Crippen LogP contribution in [0.15, 0.2) is 18.5 Å². The third-order valence-electron chi connectivity index (χ3n) is 1.28. The highest BCUT2D eigenvalue weighted by atomic mass is 16.3. The Morgan fingerprint density at radius 3 is 2.92 bits per heavy atom. The van der Waals surface area contributed by atoms with E-state index in [1.165, 1.54) is 19.3 Å². The first-order valence-electron chi connectivity index (χ1n) is 3.52. The molecule has 0 aromatic carbocycles. The molecule has 0 unspecified atom stereocenters. The summed E-state index contributed by atoms with van der Waals surface area (Å²) in [4.78, 5) is 14.4. The number of pyridine rings is 1. The van der Waals surface area contributed by atoms with Crippen LogP contribution in [0.4, 0.5) is 5.69 Å². The van der Waals surface area contributed by atoms with E-state index in [9.17, 15) is 9.90 Å². The minimum Gasteiger partial charge on any atom is -0.325 e. The average Bonchev–Trinajstić information content (AvgIpc) is 2.03. The second-order valence-corrected chi connectivity index (χ2v) is 2.41. The highest BCUT2D eigenvalue weighted by Gasteiger charge is 1.97. The quantitative estimate of drug-likeness (QED) is 0.709. The molecule has 1 rings (SSSR count). The molecule has 4 nitrogen and oxygen atoms in total. The second-order valence-electron chi connectivity index (χ2n) is 2.41. The van der Waals surface area contributed by atoms with Gasteiger partial charge in [0.25, 0.3) is 0 Å². The Kier molecular flexibility index (Phi) is 2.76. The Morgan fingerprint density at radius 2 is 2.33 bits per heavy atom. The number of rotatable bonds is 2. The number of hydrogen-bond donors (Lipinski definition) is 1. The lowest BCUT2D eigenvalue weighted by atomic mass is 10.3. The van der Waals surface area contributed by atoms with E-state index in [1.807, 2.05) is 0 Å². The molecule has 1 N–H and O–H groups in total. The Morgan fingerprint density at radius 1 is 1.58 bits per heavy atom. The van der Waals surface area contributed by atoms with Crippen LogP contribution in [0.2, 0.25) is 0 Å². The molecule has 1 aromatic heterocycles. The Labute approximate surface area is 70.3 Å². The number of carbonyl (C=O) groups excluding carboxylic acids is 1. The average molecular weight is 165 g/mol. The fraction of sp³-hybridized carbons (Fsp3) is 0.250. The molecule has 1 amide bonds. The van der Waals surface area contributed by atoms with Gasteiger partial charge in [0, 0.05) is 18.7 Å². The summed E-state index contributed by atoms with van der Waals surface area (Å²) in [7, 11) is 0. The summed E-state index contributed by atoms with van der Waals surface area (Å²) in [5, 5.41) is 13.0. The highest BCUT2D eigenvalue weighted by Crippen LogP contribution is 2.07. The maximum Gasteiger partial charge on any atom is 0.221 e. The van der Waals surface area contributed by atoms with Gasteiger partial charge in [-0.3, -0.25) is 9.78 Å². The van der Waals surface area contributed by atoms with Gasteiger partial charge in [-0.1, -0.05) is 0 Å². The van der Waals surface area contributed by atoms with E-state index in [-0.39, 0.29) is 12.5 Å². The number of amides is 1. The monoisotopic (exact) mass is 165 g/mol. The normalized spacial score (nSPS) is 9.50. The fourth-order valence-corrected chi connectivity index (χ4v) is 0.838. The summed E-state index contributed by atoms with van der Waals surface area (Å²) in [5.74, 6) is -0.167. The van der Waals surface area contributed by atoms with Crippen LogP contribution in [0.1, 0.15) is 12.5 Å². The predicted molar refractivity (Wildman–Crippen MR) is 42.9 cm³/mol. The lowest BCUT2D eigenvalue weighted by Crippen LogP contribution is -2.06. The predicted octanol–water partition coefficient (Wildman–Crippen LogP) is 0.970. The molecule has 0 spiro atoms. The van der Waals surface area contributed by atoms with Gasteiger partial charge in [0.2, 0.25) is 5.91 Å². The number of aromatic nitrogens is 1. The van der Waals surface area contributed by atoms with Gasteiger partial charge in [0.1, 0.15) is 6.61 Å². The van der Waals surface area contributed by atoms with E-state index in [1.54, 1.807) is 6.07 Å². The minimum absolute atomic E-state index is 0.167. The van der Waals surface area contributed by atoms with Gasteiger partial charge in [0.05, 0.1) is 11.9 Å². The molecular weight excluding hydrogens is 156 g/mol. The van der Waals surface area contributed by atoms with Crippen LogP contribution in [-0.2, 0) is 16.5 Å². The number of anilines is 1. The van der Waals surface area contributed by atoms with Crippen molar-refractivity contribution in [2.75, 3.05) is 5.32 Å². The lowest BCUT2D eigenvalue weighted by Gasteiger charge is -2.01. The molecule has 63 valence electrons. The Bertz CT molecular complexity index is 286. The van der Waals surface area contributed by atoms with E-state index in [0.717, 1.165) is 0 Å². The Hall–Kier alpha value is -1.42. The second kappa shape index (κ2) is 3.82. The van der Waals surface area contributed by atoms with Gasteiger partial charge in [-0.2, -0.15) is 0 Å². The summed E-state index contributed by atoms with van der Waals surface area (Å²) >= 11 is 0. The summed E-state index contributed by atoms with van der Waals surface area (Å²) in [6.07, 6.45) is 2.98. The van der Waals surface area contributed by atoms with Crippen molar-refractivity contribution in [2.24, 2.45) is 0 Å². The van der Waals surface area contributed by atoms with Gasteiger partial charge >= 0.3 is 0 Å². The molecule has 0 aliphatic rings. The van der Waals surface area contributed by atoms with Gasteiger partial charge in [-0.05, 0) is 6.07 Å². The SMILES string of the molecule is CC(=O)Nc1cncc(C[O])c1. The van der Waals surface area contributed by atoms with Crippen molar-refractivity contribution < 1.29 is 9.90 Å². The van der Waals surface area contributed by atoms with Gasteiger partial charge in [-0.15, -0.1) is 0 Å². The van der Waals surface area contributed by atoms with Crippen molar-refractivity contribution >= 4 is 11.6 Å². The van der Waals surface area contributed by atoms with E-state index >= 15 is 0 Å². The maximum atomic E-state index is 10.6. The van der Waals surface area contributed by atoms with E-state index in [2.05, 4.69) is 10.3 Å². The molecular formula is C8H9N2O2. The molecule has 0 aliphatic carbocycles. The summed E-state index contributed by atoms with van der Waals surface area (Å²) in [5.41, 5.74) is 1.14. The first kappa shape index (κ1) is 8.67. The van der Waals surface area contributed by atoms with Crippen molar-refractivity contribution in [2.45, 2.75) is 13.5 Å². The molecule has 0 atom stereocenters. The molecule has 1 aromatic rings. The van der Waals surface area contributed by atoms with Crippen molar-refractivity contribution in [1.82, 2.24) is 4.98 Å². The first-order valence-corrected chi connectivity index (χ1v) is 3.52. The number of carbonyl (C=O) groups is 1. The number of nitrogens with zero attached hydrogens (tertiary/aromatic N) is 1. The summed E-state index contributed by atoms with van der Waals surface area (Å²) < 4.78 is 0. The molecule has 0 saturated heterocycles. The van der Waals surface area contributed by atoms with Gasteiger partial charge < -0.3 is 5.32 Å². The van der Waals surface area contributed by atoms with E-state index < -0.39 is 0 Å². The van der Waals surface area contributed by atoms with Crippen LogP contribution >= 0.6 is 0 Å². The van der Waals surface area contributed by atoms with Crippen molar-refractivity contribution in [3.63, 3.8) is 0 Å². The summed E-state index contributed by atoms with van der Waals surface area (Å²) in [6, 6.07) is 1.61. The smallest absolute Gasteiger partial charge is 0.221 e. The first-order chi connectivity index (χ1) is 5.72. The Balaban J connectivity index is 2.79. The third kappa shape index (κ3) is 2.32. The minimum atomic E-state index is -0.319. The van der Waals surface area contributed by atoms with Crippen LogP contribution in [0.3, 0.4) is 0 Å². The molecule has 0 bridgehead atoms. The van der Waals surface area contributed by atoms with Crippen LogP contribution < -0.4 is 5.32 Å². The molecule has 1 radical (unpaired) electrons. The van der Waals surface area contributed by atoms with E-state index in [0.29, 0.717) is 11.3 Å². The van der Waals surface area contributed by atoms with Crippen molar-refractivity contribution in [3.8, 4) is 0 Å². The largest absolute Gasteiger partial charge is 0.325 e. The van der Waals surface area contributed by atoms with Crippen LogP contribution in [0.25, 0.3) is 0 Å². The van der Waals surface area contributed by atoms with Crippen LogP contribution in [-0.4, -0.2) is 10.9 Å². The third-order valence-corrected chi connectivity index (χ3v) is 1.28. The molecule has 0 aliphatic heterocycles. The molecule has 1 heterocycles. The number of hydrogen-bond acceptors (Lipinski definition) is 2. The molecule has 4 heteroatoms. The lowest BCUT2D eigenvalue weighted by molar-refractivity contribution is -0.114. The van der Waals surface area contributed by atoms with Gasteiger partial charge in [-0.25, -0.2) is 5.11 Å². The topological polar surface area (TPSA) is 61.9 Å². The highest BCUT2D eigenvalue weighted by molar-refractivity contribution is 5.88. The van der Waals surface area contributed by atoms with Crippen LogP contribution in [0.5, 0.6) is 0 Å².